The zero-order valence-electron chi connectivity index (χ0n) is 12.7. The van der Waals surface area contributed by atoms with E-state index in [4.69, 9.17) is 9.15 Å². The molecule has 118 valence electrons. The van der Waals surface area contributed by atoms with Crippen LogP contribution in [0.4, 0.5) is 0 Å². The smallest absolute Gasteiger partial charge is 0.132 e. The van der Waals surface area contributed by atoms with Crippen molar-refractivity contribution in [1.82, 2.24) is 4.90 Å². The molecule has 0 amide bonds. The summed E-state index contributed by atoms with van der Waals surface area (Å²) in [5.74, 6) is 1.37. The van der Waals surface area contributed by atoms with Crippen LogP contribution in [0.5, 0.6) is 0 Å². The van der Waals surface area contributed by atoms with Crippen LogP contribution in [-0.2, 0) is 4.74 Å². The molecular weight excluding hydrogens is 266 g/mol. The number of ether oxygens (including phenoxy) is 1. The van der Waals surface area contributed by atoms with Gasteiger partial charge in [-0.1, -0.05) is 12.8 Å². The van der Waals surface area contributed by atoms with Gasteiger partial charge in [0.1, 0.15) is 11.9 Å². The minimum atomic E-state index is -0.481. The second-order valence-corrected chi connectivity index (χ2v) is 6.49. The van der Waals surface area contributed by atoms with Gasteiger partial charge in [0.15, 0.2) is 0 Å². The second kappa shape index (κ2) is 7.43. The van der Waals surface area contributed by atoms with E-state index in [-0.39, 0.29) is 0 Å². The Kier molecular flexibility index (Phi) is 5.33. The summed E-state index contributed by atoms with van der Waals surface area (Å²) in [6, 6.07) is 4.18. The summed E-state index contributed by atoms with van der Waals surface area (Å²) in [7, 11) is 0. The molecule has 4 heteroatoms. The Morgan fingerprint density at radius 1 is 1.29 bits per heavy atom. The molecule has 1 aromatic rings. The molecule has 2 aliphatic rings. The largest absolute Gasteiger partial charge is 0.467 e. The maximum atomic E-state index is 10.4. The Morgan fingerprint density at radius 2 is 2.24 bits per heavy atom. The number of aliphatic hydroxyl groups is 1. The number of hydrogen-bond donors (Lipinski definition) is 1. The van der Waals surface area contributed by atoms with Crippen LogP contribution >= 0.6 is 0 Å². The highest BCUT2D eigenvalue weighted by Gasteiger charge is 2.28. The van der Waals surface area contributed by atoms with Crippen molar-refractivity contribution in [3.05, 3.63) is 24.2 Å². The summed E-state index contributed by atoms with van der Waals surface area (Å²) in [6.45, 7) is 4.10. The van der Waals surface area contributed by atoms with Crippen molar-refractivity contribution < 1.29 is 14.3 Å². The molecule has 21 heavy (non-hydrogen) atoms. The van der Waals surface area contributed by atoms with Crippen molar-refractivity contribution in [3.8, 4) is 0 Å². The van der Waals surface area contributed by atoms with Crippen LogP contribution < -0.4 is 0 Å². The van der Waals surface area contributed by atoms with E-state index in [9.17, 15) is 5.11 Å². The standard InChI is InChI=1S/C17H27NO3/c19-16(17-6-4-9-21-17)11-15-5-2-1-3-8-18(15)12-14-7-10-20-13-14/h4,6,9,14-16,19H,1-3,5,7-8,10-13H2/t14-,15-,16-/m1/s1. The number of aliphatic hydroxyl groups excluding tert-OH is 1. The number of likely N-dealkylation sites (tertiary alicyclic amines) is 1. The van der Waals surface area contributed by atoms with Gasteiger partial charge in [-0.05, 0) is 50.3 Å². The van der Waals surface area contributed by atoms with Crippen molar-refractivity contribution in [1.29, 1.82) is 0 Å². The van der Waals surface area contributed by atoms with Gasteiger partial charge < -0.3 is 14.3 Å². The van der Waals surface area contributed by atoms with E-state index in [1.807, 2.05) is 12.1 Å². The molecule has 0 spiro atoms. The van der Waals surface area contributed by atoms with E-state index < -0.39 is 6.10 Å². The van der Waals surface area contributed by atoms with Gasteiger partial charge in [-0.2, -0.15) is 0 Å². The Labute approximate surface area is 127 Å². The van der Waals surface area contributed by atoms with Crippen molar-refractivity contribution in [2.45, 2.75) is 50.7 Å². The molecule has 0 unspecified atom stereocenters. The van der Waals surface area contributed by atoms with Crippen LogP contribution in [0.1, 0.15) is 50.4 Å². The summed E-state index contributed by atoms with van der Waals surface area (Å²) in [5.41, 5.74) is 0. The highest BCUT2D eigenvalue weighted by Crippen LogP contribution is 2.28. The molecule has 3 rings (SSSR count). The van der Waals surface area contributed by atoms with Crippen LogP contribution in [-0.4, -0.2) is 42.4 Å². The van der Waals surface area contributed by atoms with Crippen LogP contribution in [0.2, 0.25) is 0 Å². The van der Waals surface area contributed by atoms with Gasteiger partial charge in [-0.3, -0.25) is 4.90 Å². The van der Waals surface area contributed by atoms with Gasteiger partial charge in [0, 0.05) is 19.2 Å². The third kappa shape index (κ3) is 4.09. The molecule has 3 atom stereocenters. The molecule has 2 aliphatic heterocycles. The third-order valence-corrected chi connectivity index (χ3v) is 4.88. The van der Waals surface area contributed by atoms with Gasteiger partial charge >= 0.3 is 0 Å². The first-order chi connectivity index (χ1) is 10.3. The predicted octanol–water partition coefficient (Wildman–Crippen LogP) is 2.98. The van der Waals surface area contributed by atoms with E-state index in [0.29, 0.717) is 17.7 Å². The fourth-order valence-corrected chi connectivity index (χ4v) is 3.66. The van der Waals surface area contributed by atoms with Crippen molar-refractivity contribution in [2.24, 2.45) is 5.92 Å². The fraction of sp³-hybridized carbons (Fsp3) is 0.765. The van der Waals surface area contributed by atoms with Crippen molar-refractivity contribution in [3.63, 3.8) is 0 Å². The van der Waals surface area contributed by atoms with Crippen LogP contribution in [0.25, 0.3) is 0 Å². The molecule has 1 N–H and O–H groups in total. The Hall–Kier alpha value is -0.840. The molecule has 0 aromatic carbocycles. The molecule has 3 heterocycles. The molecule has 2 fully saturated rings. The number of hydrogen-bond acceptors (Lipinski definition) is 4. The minimum absolute atomic E-state index is 0.466. The normalized spacial score (nSPS) is 29.4. The second-order valence-electron chi connectivity index (χ2n) is 6.49. The average molecular weight is 293 g/mol. The van der Waals surface area contributed by atoms with Gasteiger partial charge in [-0.15, -0.1) is 0 Å². The third-order valence-electron chi connectivity index (χ3n) is 4.88. The quantitative estimate of drug-likeness (QED) is 0.906. The zero-order valence-corrected chi connectivity index (χ0v) is 12.7. The fourth-order valence-electron chi connectivity index (χ4n) is 3.66. The van der Waals surface area contributed by atoms with Crippen molar-refractivity contribution >= 4 is 0 Å². The monoisotopic (exact) mass is 293 g/mol. The summed E-state index contributed by atoms with van der Waals surface area (Å²) in [6.07, 6.45) is 8.17. The predicted molar refractivity (Wildman–Crippen MR) is 81.0 cm³/mol. The average Bonchev–Trinajstić information content (AvgIpc) is 3.14. The van der Waals surface area contributed by atoms with Crippen LogP contribution in [0, 0.1) is 5.92 Å². The molecule has 0 aliphatic carbocycles. The van der Waals surface area contributed by atoms with Crippen LogP contribution in [0.15, 0.2) is 22.8 Å². The van der Waals surface area contributed by atoms with Gasteiger partial charge in [-0.25, -0.2) is 0 Å². The summed E-state index contributed by atoms with van der Waals surface area (Å²) < 4.78 is 10.9. The molecule has 0 saturated carbocycles. The first-order valence-corrected chi connectivity index (χ1v) is 8.36. The molecule has 2 saturated heterocycles. The highest BCUT2D eigenvalue weighted by molar-refractivity contribution is 5.02. The summed E-state index contributed by atoms with van der Waals surface area (Å²) >= 11 is 0. The van der Waals surface area contributed by atoms with E-state index in [0.717, 1.165) is 32.7 Å². The summed E-state index contributed by atoms with van der Waals surface area (Å²) in [5, 5.41) is 10.4. The molecule has 0 radical (unpaired) electrons. The number of rotatable bonds is 5. The molecule has 0 bridgehead atoms. The van der Waals surface area contributed by atoms with Gasteiger partial charge in [0.05, 0.1) is 12.9 Å². The zero-order chi connectivity index (χ0) is 14.5. The lowest BCUT2D eigenvalue weighted by molar-refractivity contribution is 0.0764. The van der Waals surface area contributed by atoms with Crippen molar-refractivity contribution in [2.75, 3.05) is 26.3 Å². The lowest BCUT2D eigenvalue weighted by atomic mass is 10.00. The Bertz CT molecular complexity index is 400. The topological polar surface area (TPSA) is 45.8 Å². The van der Waals surface area contributed by atoms with Gasteiger partial charge in [0.25, 0.3) is 0 Å². The highest BCUT2D eigenvalue weighted by atomic mass is 16.5. The van der Waals surface area contributed by atoms with Gasteiger partial charge in [0.2, 0.25) is 0 Å². The lowest BCUT2D eigenvalue weighted by Gasteiger charge is -2.32. The van der Waals surface area contributed by atoms with E-state index in [2.05, 4.69) is 4.90 Å². The number of furan rings is 1. The molecular formula is C17H27NO3. The maximum absolute atomic E-state index is 10.4. The SMILES string of the molecule is O[C@H](C[C@H]1CCCCCN1C[C@H]1CCOC1)c1ccco1. The van der Waals surface area contributed by atoms with E-state index in [1.165, 1.54) is 32.1 Å². The first kappa shape index (κ1) is 15.1. The van der Waals surface area contributed by atoms with E-state index in [1.54, 1.807) is 6.26 Å². The maximum Gasteiger partial charge on any atom is 0.132 e. The summed E-state index contributed by atoms with van der Waals surface area (Å²) in [4.78, 5) is 2.60. The molecule has 1 aromatic heterocycles. The Balaban J connectivity index is 1.60. The molecule has 4 nitrogen and oxygen atoms in total. The lowest BCUT2D eigenvalue weighted by Crippen LogP contribution is -2.39. The first-order valence-electron chi connectivity index (χ1n) is 8.36. The Morgan fingerprint density at radius 3 is 3.00 bits per heavy atom. The van der Waals surface area contributed by atoms with Crippen LogP contribution in [0.3, 0.4) is 0 Å². The number of nitrogens with zero attached hydrogens (tertiary/aromatic N) is 1. The minimum Gasteiger partial charge on any atom is -0.467 e. The van der Waals surface area contributed by atoms with E-state index >= 15 is 0 Å².